The number of nitrogens with one attached hydrogen (secondary N) is 2. The minimum atomic E-state index is -0.745. The molecule has 26 heavy (non-hydrogen) atoms. The maximum absolute atomic E-state index is 13.6. The minimum Gasteiger partial charge on any atom is -0.450 e. The Morgan fingerprint density at radius 3 is 2.77 bits per heavy atom. The van der Waals surface area contributed by atoms with Crippen molar-refractivity contribution in [2.45, 2.75) is 0 Å². The van der Waals surface area contributed by atoms with E-state index in [-0.39, 0.29) is 11.4 Å². The van der Waals surface area contributed by atoms with Crippen molar-refractivity contribution in [3.63, 3.8) is 0 Å². The van der Waals surface area contributed by atoms with E-state index in [0.29, 0.717) is 14.0 Å². The number of rotatable bonds is 4. The number of imide groups is 1. The normalized spacial score (nSPS) is 15.5. The number of nitrogens with zero attached hydrogens (tertiary/aromatic N) is 1. The largest absolute Gasteiger partial charge is 0.450 e. The maximum atomic E-state index is 13.6. The summed E-state index contributed by atoms with van der Waals surface area (Å²) in [7, 11) is 0. The summed E-state index contributed by atoms with van der Waals surface area (Å²) in [6.45, 7) is -0.546. The van der Waals surface area contributed by atoms with Crippen LogP contribution in [-0.2, 0) is 9.59 Å². The predicted molar refractivity (Wildman–Crippen MR) is 102 cm³/mol. The Bertz CT molecular complexity index is 924. The Morgan fingerprint density at radius 2 is 2.12 bits per heavy atom. The Morgan fingerprint density at radius 1 is 1.38 bits per heavy atom. The average Bonchev–Trinajstić information content (AvgIpc) is 3.03. The maximum Gasteiger partial charge on any atom is 0.329 e. The van der Waals surface area contributed by atoms with Crippen molar-refractivity contribution in [3.8, 4) is 0 Å². The highest BCUT2D eigenvalue weighted by atomic mass is 127. The average molecular weight is 534 g/mol. The van der Waals surface area contributed by atoms with Crippen LogP contribution in [0.25, 0.3) is 6.08 Å². The first-order valence-corrected chi connectivity index (χ1v) is 9.06. The fourth-order valence-electron chi connectivity index (χ4n) is 2.19. The van der Waals surface area contributed by atoms with Gasteiger partial charge in [0.25, 0.3) is 5.91 Å². The second-order valence-corrected chi connectivity index (χ2v) is 7.01. The molecule has 10 heteroatoms. The van der Waals surface area contributed by atoms with Crippen LogP contribution >= 0.6 is 38.5 Å². The zero-order chi connectivity index (χ0) is 18.8. The topological polar surface area (TPSA) is 91.7 Å². The number of benzene rings is 1. The lowest BCUT2D eigenvalue weighted by Crippen LogP contribution is -2.38. The number of carbonyl (C=O) groups is 3. The number of hydrogen-bond donors (Lipinski definition) is 2. The third-order valence-corrected chi connectivity index (χ3v) is 5.49. The molecule has 1 saturated heterocycles. The lowest BCUT2D eigenvalue weighted by atomic mass is 10.3. The lowest BCUT2D eigenvalue weighted by Gasteiger charge is -2.12. The molecule has 0 bridgehead atoms. The number of anilines is 1. The molecule has 2 N–H and O–H groups in total. The van der Waals surface area contributed by atoms with Crippen LogP contribution in [0.3, 0.4) is 0 Å². The van der Waals surface area contributed by atoms with Crippen LogP contribution < -0.4 is 10.6 Å². The van der Waals surface area contributed by atoms with Crippen molar-refractivity contribution < 1.29 is 23.2 Å². The Hall–Kier alpha value is -2.21. The van der Waals surface area contributed by atoms with Gasteiger partial charge in [0, 0.05) is 28.7 Å². The van der Waals surface area contributed by atoms with E-state index in [2.05, 4.69) is 26.6 Å². The third kappa shape index (κ3) is 3.96. The van der Waals surface area contributed by atoms with Crippen LogP contribution in [0, 0.1) is 9.58 Å². The van der Waals surface area contributed by atoms with Crippen LogP contribution in [0.4, 0.5) is 14.9 Å². The van der Waals surface area contributed by atoms with Crippen molar-refractivity contribution in [2.24, 2.45) is 0 Å². The molecule has 134 valence electrons. The SMILES string of the molecule is O=C(CN1C(=O)NC(=Cc2cc(Br)c(I)o2)C1=O)Nc1ccccc1F. The van der Waals surface area contributed by atoms with Crippen molar-refractivity contribution in [2.75, 3.05) is 11.9 Å². The quantitative estimate of drug-likeness (QED) is 0.358. The zero-order valence-corrected chi connectivity index (χ0v) is 16.6. The molecule has 0 radical (unpaired) electrons. The number of halogens is 3. The third-order valence-electron chi connectivity index (χ3n) is 3.36. The van der Waals surface area contributed by atoms with Crippen molar-refractivity contribution in [3.05, 3.63) is 55.8 Å². The number of amides is 4. The number of urea groups is 1. The van der Waals surface area contributed by atoms with E-state index >= 15 is 0 Å². The molecule has 2 heterocycles. The fraction of sp³-hybridized carbons (Fsp3) is 0.0625. The molecule has 2 aromatic rings. The van der Waals surface area contributed by atoms with E-state index < -0.39 is 30.2 Å². The molecule has 0 saturated carbocycles. The van der Waals surface area contributed by atoms with Gasteiger partial charge in [-0.3, -0.25) is 9.59 Å². The summed E-state index contributed by atoms with van der Waals surface area (Å²) < 4.78 is 20.2. The van der Waals surface area contributed by atoms with Gasteiger partial charge >= 0.3 is 6.03 Å². The van der Waals surface area contributed by atoms with E-state index in [1.165, 1.54) is 24.3 Å². The Balaban J connectivity index is 1.71. The summed E-state index contributed by atoms with van der Waals surface area (Å²) in [5.74, 6) is -1.63. The summed E-state index contributed by atoms with van der Waals surface area (Å²) >= 11 is 5.24. The second-order valence-electron chi connectivity index (χ2n) is 5.18. The Labute approximate surface area is 168 Å². The highest BCUT2D eigenvalue weighted by Crippen LogP contribution is 2.25. The van der Waals surface area contributed by atoms with Gasteiger partial charge in [-0.15, -0.1) is 0 Å². The number of furan rings is 1. The molecule has 1 fully saturated rings. The van der Waals surface area contributed by atoms with Gasteiger partial charge in [-0.1, -0.05) is 12.1 Å². The fourth-order valence-corrected chi connectivity index (χ4v) is 2.90. The highest BCUT2D eigenvalue weighted by Gasteiger charge is 2.35. The van der Waals surface area contributed by atoms with E-state index in [0.717, 1.165) is 4.90 Å². The first-order chi connectivity index (χ1) is 12.3. The Kier molecular flexibility index (Phi) is 5.41. The van der Waals surface area contributed by atoms with E-state index in [4.69, 9.17) is 4.42 Å². The zero-order valence-electron chi connectivity index (χ0n) is 12.9. The van der Waals surface area contributed by atoms with Gasteiger partial charge in [-0.05, 0) is 34.1 Å². The number of carbonyl (C=O) groups excluding carboxylic acids is 3. The number of hydrogen-bond acceptors (Lipinski definition) is 4. The van der Waals surface area contributed by atoms with E-state index in [1.807, 2.05) is 22.6 Å². The van der Waals surface area contributed by atoms with Crippen LogP contribution in [0.5, 0.6) is 0 Å². The second kappa shape index (κ2) is 7.58. The summed E-state index contributed by atoms with van der Waals surface area (Å²) in [5, 5.41) is 4.70. The smallest absolute Gasteiger partial charge is 0.329 e. The van der Waals surface area contributed by atoms with Crippen molar-refractivity contribution >= 4 is 68.1 Å². The predicted octanol–water partition coefficient (Wildman–Crippen LogP) is 3.32. The molecule has 1 aromatic carbocycles. The van der Waals surface area contributed by atoms with Gasteiger partial charge < -0.3 is 15.1 Å². The number of para-hydroxylation sites is 1. The molecule has 4 amide bonds. The summed E-state index contributed by atoms with van der Waals surface area (Å²) in [6.07, 6.45) is 1.36. The highest BCUT2D eigenvalue weighted by molar-refractivity contribution is 14.1. The molecule has 7 nitrogen and oxygen atoms in total. The van der Waals surface area contributed by atoms with Crippen LogP contribution in [0.1, 0.15) is 5.76 Å². The van der Waals surface area contributed by atoms with Gasteiger partial charge in [0.05, 0.1) is 10.2 Å². The molecule has 1 aliphatic heterocycles. The summed E-state index contributed by atoms with van der Waals surface area (Å²) in [5.41, 5.74) is -0.0540. The molecule has 1 aromatic heterocycles. The molecular formula is C16H10BrFIN3O4. The molecule has 0 spiro atoms. The van der Waals surface area contributed by atoms with Crippen LogP contribution in [0.15, 0.2) is 44.9 Å². The standard InChI is InChI=1S/C16H10BrFIN3O4/c17-9-5-8(26-14(9)19)6-12-15(24)22(16(25)21-12)7-13(23)20-11-4-2-1-3-10(11)18/h1-6H,7H2,(H,20,23)(H,21,25). The minimum absolute atomic E-state index is 0.0219. The van der Waals surface area contributed by atoms with Gasteiger partial charge in [-0.2, -0.15) is 0 Å². The van der Waals surface area contributed by atoms with Crippen LogP contribution in [0.2, 0.25) is 0 Å². The van der Waals surface area contributed by atoms with Crippen molar-refractivity contribution in [1.29, 1.82) is 0 Å². The van der Waals surface area contributed by atoms with E-state index in [9.17, 15) is 18.8 Å². The van der Waals surface area contributed by atoms with Gasteiger partial charge in [0.15, 0.2) is 3.77 Å². The lowest BCUT2D eigenvalue weighted by molar-refractivity contribution is -0.127. The summed E-state index contributed by atoms with van der Waals surface area (Å²) in [4.78, 5) is 37.1. The van der Waals surface area contributed by atoms with Crippen LogP contribution in [-0.4, -0.2) is 29.3 Å². The van der Waals surface area contributed by atoms with Gasteiger partial charge in [0.1, 0.15) is 23.8 Å². The molecule has 0 atom stereocenters. The molecular weight excluding hydrogens is 524 g/mol. The first kappa shape index (κ1) is 18.6. The van der Waals surface area contributed by atoms with E-state index in [1.54, 1.807) is 12.1 Å². The van der Waals surface area contributed by atoms with Gasteiger partial charge in [0.2, 0.25) is 5.91 Å². The molecule has 0 aliphatic carbocycles. The monoisotopic (exact) mass is 533 g/mol. The first-order valence-electron chi connectivity index (χ1n) is 7.19. The molecule has 3 rings (SSSR count). The summed E-state index contributed by atoms with van der Waals surface area (Å²) in [6, 6.07) is 6.49. The molecule has 1 aliphatic rings. The van der Waals surface area contributed by atoms with Gasteiger partial charge in [-0.25, -0.2) is 14.1 Å². The van der Waals surface area contributed by atoms with Crippen molar-refractivity contribution in [1.82, 2.24) is 10.2 Å². The molecule has 0 unspecified atom stereocenters.